The van der Waals surface area contributed by atoms with Gasteiger partial charge in [0, 0.05) is 71.9 Å². The highest BCUT2D eigenvalue weighted by molar-refractivity contribution is 6.43. The molecule has 2 saturated heterocycles. The number of hydrogen-bond acceptors (Lipinski definition) is 13. The summed E-state index contributed by atoms with van der Waals surface area (Å²) in [6.45, 7) is 6.69. The molecule has 3 atom stereocenters. The summed E-state index contributed by atoms with van der Waals surface area (Å²) >= 11 is 0. The number of hydrogen-bond donors (Lipinski definition) is 8. The van der Waals surface area contributed by atoms with Crippen molar-refractivity contribution in [3.63, 3.8) is 0 Å². The highest BCUT2D eigenvalue weighted by atomic mass is 16.4. The number of rotatable bonds is 18. The van der Waals surface area contributed by atoms with E-state index < -0.39 is 60.8 Å². The highest BCUT2D eigenvalue weighted by Gasteiger charge is 2.39. The van der Waals surface area contributed by atoms with Crippen molar-refractivity contribution in [2.24, 2.45) is 5.92 Å². The fourth-order valence-electron chi connectivity index (χ4n) is 6.29. The zero-order chi connectivity index (χ0) is 39.7. The van der Waals surface area contributed by atoms with Crippen molar-refractivity contribution in [2.75, 3.05) is 91.6 Å². The molecule has 53 heavy (non-hydrogen) atoms. The monoisotopic (exact) mass is 756 g/mol. The standard InChI is InChI=1S/C32H57BN8O12/c1-22(2)30(31(50)35-23(3)32(51)41-9-5-6-24(41)33(52)53)36-25(42)7-4-8-34-26(43)18-37-10-12-38(19-27(44)45)14-16-40(21-29(48)49)17-15-39(13-11-37)20-28(46)47/h22-24,30,52-53H,4-21H2,1-3H3,(H,34,43)(H,35,50)(H,36,42)(H,44,45)(H,46,47)(H,48,49)/t23-,24+,30+/m1/s1. The maximum atomic E-state index is 13.1. The van der Waals surface area contributed by atoms with Gasteiger partial charge in [-0.25, -0.2) is 0 Å². The third kappa shape index (κ3) is 17.2. The van der Waals surface area contributed by atoms with E-state index in [1.807, 2.05) is 0 Å². The van der Waals surface area contributed by atoms with Crippen molar-refractivity contribution in [1.82, 2.24) is 40.4 Å². The lowest BCUT2D eigenvalue weighted by molar-refractivity contribution is -0.140. The minimum atomic E-state index is -1.69. The van der Waals surface area contributed by atoms with Crippen LogP contribution in [0.1, 0.15) is 46.5 Å². The van der Waals surface area contributed by atoms with Crippen LogP contribution in [0.4, 0.5) is 0 Å². The molecule has 2 heterocycles. The first-order valence-corrected chi connectivity index (χ1v) is 18.0. The van der Waals surface area contributed by atoms with Gasteiger partial charge in [-0.1, -0.05) is 13.8 Å². The predicted molar refractivity (Wildman–Crippen MR) is 190 cm³/mol. The smallest absolute Gasteiger partial charge is 0.475 e. The second-order valence-electron chi connectivity index (χ2n) is 13.9. The van der Waals surface area contributed by atoms with Crippen LogP contribution in [0.2, 0.25) is 0 Å². The van der Waals surface area contributed by atoms with Crippen LogP contribution in [-0.4, -0.2) is 208 Å². The topological polar surface area (TPSA) is 273 Å². The van der Waals surface area contributed by atoms with E-state index in [0.29, 0.717) is 19.4 Å². The Morgan fingerprint density at radius 3 is 1.53 bits per heavy atom. The predicted octanol–water partition coefficient (Wildman–Crippen LogP) is -3.99. The Morgan fingerprint density at radius 1 is 0.660 bits per heavy atom. The Hall–Kier alpha value is -3.89. The van der Waals surface area contributed by atoms with Crippen LogP contribution in [0.5, 0.6) is 0 Å². The van der Waals surface area contributed by atoms with Gasteiger partial charge in [0.25, 0.3) is 0 Å². The average molecular weight is 757 g/mol. The number of nitrogens with zero attached hydrogens (tertiary/aromatic N) is 5. The van der Waals surface area contributed by atoms with Crippen LogP contribution >= 0.6 is 0 Å². The number of aliphatic carboxylic acids is 3. The van der Waals surface area contributed by atoms with E-state index in [4.69, 9.17) is 0 Å². The van der Waals surface area contributed by atoms with E-state index in [-0.39, 0.29) is 110 Å². The molecule has 21 heteroatoms. The summed E-state index contributed by atoms with van der Waals surface area (Å²) in [4.78, 5) is 94.1. The first-order chi connectivity index (χ1) is 25.0. The first kappa shape index (κ1) is 45.3. The van der Waals surface area contributed by atoms with Gasteiger partial charge in [0.1, 0.15) is 12.1 Å². The van der Waals surface area contributed by atoms with Crippen LogP contribution in [0.25, 0.3) is 0 Å². The number of nitrogens with one attached hydrogen (secondary N) is 3. The summed E-state index contributed by atoms with van der Waals surface area (Å²) in [7, 11) is -1.69. The summed E-state index contributed by atoms with van der Waals surface area (Å²) in [6.07, 6.45) is 1.29. The maximum Gasteiger partial charge on any atom is 0.475 e. The zero-order valence-corrected chi connectivity index (χ0v) is 30.9. The fourth-order valence-corrected chi connectivity index (χ4v) is 6.29. The van der Waals surface area contributed by atoms with E-state index in [9.17, 15) is 58.9 Å². The molecule has 0 aromatic carbocycles. The Morgan fingerprint density at radius 2 is 1.11 bits per heavy atom. The molecule has 4 amide bonds. The molecular formula is C32H57BN8O12. The Balaban J connectivity index is 1.90. The second kappa shape index (κ2) is 23.0. The Bertz CT molecular complexity index is 1230. The third-order valence-electron chi connectivity index (χ3n) is 9.20. The fraction of sp³-hybridized carbons (Fsp3) is 0.781. The van der Waals surface area contributed by atoms with Gasteiger partial charge in [0.15, 0.2) is 0 Å². The molecule has 2 aliphatic rings. The summed E-state index contributed by atoms with van der Waals surface area (Å²) in [5, 5.41) is 55.4. The molecule has 2 fully saturated rings. The maximum absolute atomic E-state index is 13.1. The molecule has 20 nitrogen and oxygen atoms in total. The van der Waals surface area contributed by atoms with Crippen LogP contribution in [0, 0.1) is 5.92 Å². The molecule has 0 saturated carbocycles. The van der Waals surface area contributed by atoms with E-state index in [2.05, 4.69) is 16.0 Å². The van der Waals surface area contributed by atoms with Crippen LogP contribution < -0.4 is 16.0 Å². The summed E-state index contributed by atoms with van der Waals surface area (Å²) in [5.41, 5.74) is 0. The molecular weight excluding hydrogens is 699 g/mol. The number of carbonyl (C=O) groups excluding carboxylic acids is 4. The molecule has 2 rings (SSSR count). The van der Waals surface area contributed by atoms with Crippen molar-refractivity contribution in [2.45, 2.75) is 64.5 Å². The summed E-state index contributed by atoms with van der Waals surface area (Å²) < 4.78 is 0. The van der Waals surface area contributed by atoms with Gasteiger partial charge in [0.2, 0.25) is 23.6 Å². The minimum absolute atomic E-state index is 0.00792. The van der Waals surface area contributed by atoms with Crippen molar-refractivity contribution < 1.29 is 58.9 Å². The van der Waals surface area contributed by atoms with Gasteiger partial charge in [-0.2, -0.15) is 0 Å². The lowest BCUT2D eigenvalue weighted by atomic mass is 9.78. The largest absolute Gasteiger partial charge is 0.480 e. The second-order valence-corrected chi connectivity index (χ2v) is 13.9. The van der Waals surface area contributed by atoms with Crippen molar-refractivity contribution >= 4 is 48.7 Å². The van der Waals surface area contributed by atoms with Crippen LogP contribution in [0.3, 0.4) is 0 Å². The van der Waals surface area contributed by atoms with Gasteiger partial charge in [0.05, 0.1) is 32.1 Å². The van der Waals surface area contributed by atoms with Crippen molar-refractivity contribution in [3.05, 3.63) is 0 Å². The molecule has 0 aromatic rings. The van der Waals surface area contributed by atoms with Gasteiger partial charge in [-0.3, -0.25) is 53.2 Å². The normalized spacial score (nSPS) is 19.7. The number of amides is 4. The van der Waals surface area contributed by atoms with Gasteiger partial charge >= 0.3 is 25.0 Å². The summed E-state index contributed by atoms with van der Waals surface area (Å²) in [6, 6.07) is -1.90. The highest BCUT2D eigenvalue weighted by Crippen LogP contribution is 2.19. The van der Waals surface area contributed by atoms with Gasteiger partial charge in [-0.15, -0.1) is 0 Å². The Labute approximate surface area is 309 Å². The molecule has 300 valence electrons. The van der Waals surface area contributed by atoms with Crippen LogP contribution in [-0.2, 0) is 33.6 Å². The molecule has 0 radical (unpaired) electrons. The molecule has 0 unspecified atom stereocenters. The Kier molecular flexibility index (Phi) is 19.7. The quantitative estimate of drug-likeness (QED) is 0.0489. The van der Waals surface area contributed by atoms with Crippen molar-refractivity contribution in [1.29, 1.82) is 0 Å². The molecule has 0 bridgehead atoms. The third-order valence-corrected chi connectivity index (χ3v) is 9.20. The molecule has 2 aliphatic heterocycles. The summed E-state index contributed by atoms with van der Waals surface area (Å²) in [5.74, 6) is -6.02. The van der Waals surface area contributed by atoms with E-state index in [0.717, 1.165) is 0 Å². The minimum Gasteiger partial charge on any atom is -0.480 e. The molecule has 0 aliphatic carbocycles. The number of carboxylic acids is 3. The van der Waals surface area contributed by atoms with Crippen LogP contribution in [0.15, 0.2) is 0 Å². The lowest BCUT2D eigenvalue weighted by Crippen LogP contribution is -2.56. The van der Waals surface area contributed by atoms with Gasteiger partial charge in [-0.05, 0) is 32.1 Å². The lowest BCUT2D eigenvalue weighted by Gasteiger charge is -2.32. The number of likely N-dealkylation sites (tertiary alicyclic amines) is 1. The van der Waals surface area contributed by atoms with E-state index in [1.165, 1.54) is 11.8 Å². The zero-order valence-electron chi connectivity index (χ0n) is 30.9. The average Bonchev–Trinajstić information content (AvgIpc) is 3.56. The number of carbonyl (C=O) groups is 7. The van der Waals surface area contributed by atoms with E-state index in [1.54, 1.807) is 33.4 Å². The van der Waals surface area contributed by atoms with Crippen molar-refractivity contribution in [3.8, 4) is 0 Å². The number of carboxylic acid groups (broad SMARTS) is 3. The molecule has 0 aromatic heterocycles. The first-order valence-electron chi connectivity index (χ1n) is 18.0. The SMILES string of the molecule is CC(C)[C@H](NC(=O)CCCNC(=O)CN1CCN(CC(=O)O)CCN(CC(=O)O)CCN(CC(=O)O)CC1)C(=O)N[C@H](C)C(=O)N1CCC[C@H]1B(O)O. The van der Waals surface area contributed by atoms with E-state index >= 15 is 0 Å². The molecule has 0 spiro atoms. The van der Waals surface area contributed by atoms with Gasteiger partial charge < -0.3 is 46.2 Å². The molecule has 8 N–H and O–H groups in total.